The van der Waals surface area contributed by atoms with Crippen LogP contribution in [0.2, 0.25) is 5.02 Å². The molecule has 1 aromatic rings. The molecule has 3 nitrogen and oxygen atoms in total. The summed E-state index contributed by atoms with van der Waals surface area (Å²) in [4.78, 5) is 11.3. The lowest BCUT2D eigenvalue weighted by Gasteiger charge is -2.27. The third kappa shape index (κ3) is 2.85. The summed E-state index contributed by atoms with van der Waals surface area (Å²) in [5, 5.41) is 8.97. The highest BCUT2D eigenvalue weighted by Crippen LogP contribution is 2.44. The van der Waals surface area contributed by atoms with E-state index in [1.54, 1.807) is 0 Å². The predicted octanol–water partition coefficient (Wildman–Crippen LogP) is 3.70. The fourth-order valence-electron chi connectivity index (χ4n) is 1.98. The molecule has 0 aliphatic carbocycles. The van der Waals surface area contributed by atoms with E-state index in [0.717, 1.165) is 6.07 Å². The summed E-state index contributed by atoms with van der Waals surface area (Å²) in [5.74, 6) is -1.31. The van der Waals surface area contributed by atoms with E-state index in [1.807, 2.05) is 0 Å². The van der Waals surface area contributed by atoms with E-state index in [2.05, 4.69) is 0 Å². The second kappa shape index (κ2) is 6.07. The minimum atomic E-state index is -1.30. The van der Waals surface area contributed by atoms with Gasteiger partial charge in [0.2, 0.25) is 0 Å². The number of halogens is 3. The Labute approximate surface area is 117 Å². The lowest BCUT2D eigenvalue weighted by Crippen LogP contribution is -2.16. The summed E-state index contributed by atoms with van der Waals surface area (Å²) < 4.78 is 31.4. The number of ether oxygens (including phenoxy) is 1. The Hall–Kier alpha value is -0.850. The zero-order valence-electron chi connectivity index (χ0n) is 9.79. The number of hydrogen-bond donors (Lipinski definition) is 1. The van der Waals surface area contributed by atoms with Crippen LogP contribution in [0, 0.1) is 5.82 Å². The van der Waals surface area contributed by atoms with Crippen molar-refractivity contribution >= 4 is 29.3 Å². The summed E-state index contributed by atoms with van der Waals surface area (Å²) in [5.41, 5.74) is 0.0260. The van der Waals surface area contributed by atoms with Crippen LogP contribution in [0.3, 0.4) is 0 Å². The van der Waals surface area contributed by atoms with Crippen molar-refractivity contribution in [3.8, 4) is 0 Å². The summed E-state index contributed by atoms with van der Waals surface area (Å²) in [6, 6.07) is 0.911. The van der Waals surface area contributed by atoms with Crippen molar-refractivity contribution in [2.75, 3.05) is 19.0 Å². The number of hydrogen-bond acceptors (Lipinski definition) is 3. The second-order valence-electron chi connectivity index (χ2n) is 3.95. The van der Waals surface area contributed by atoms with Gasteiger partial charge in [-0.25, -0.2) is 13.6 Å². The molecule has 1 aliphatic heterocycles. The van der Waals surface area contributed by atoms with Crippen LogP contribution >= 0.6 is 23.4 Å². The van der Waals surface area contributed by atoms with Crippen molar-refractivity contribution in [1.82, 2.24) is 0 Å². The second-order valence-corrected chi connectivity index (χ2v) is 5.44. The van der Waals surface area contributed by atoms with Crippen molar-refractivity contribution in [3.05, 3.63) is 28.0 Å². The monoisotopic (exact) mass is 308 g/mol. The van der Waals surface area contributed by atoms with Crippen LogP contribution < -0.4 is 0 Å². The molecule has 2 rings (SSSR count). The molecule has 7 heteroatoms. The summed E-state index contributed by atoms with van der Waals surface area (Å²) in [6.45, 7) is -0.776. The van der Waals surface area contributed by atoms with E-state index in [-0.39, 0.29) is 17.2 Å². The largest absolute Gasteiger partial charge is 0.478 e. The van der Waals surface area contributed by atoms with Crippen LogP contribution in [0.25, 0.3) is 0 Å². The molecular formula is C12H11ClF2O3S. The molecule has 0 amide bonds. The number of alkyl halides is 1. The Morgan fingerprint density at radius 3 is 3.00 bits per heavy atom. The highest BCUT2D eigenvalue weighted by atomic mass is 35.5. The standard InChI is InChI=1S/C12H11ClF2O3S/c13-10-6(12(16)17)5-7(15)11-9(10)8(1-4-19-11)18-3-2-14/h5,8H,1-4H2,(H,16,17). The number of benzene rings is 1. The van der Waals surface area contributed by atoms with Gasteiger partial charge in [0.25, 0.3) is 0 Å². The zero-order valence-corrected chi connectivity index (χ0v) is 11.4. The number of carbonyl (C=O) groups is 1. The normalized spacial score (nSPS) is 18.2. The smallest absolute Gasteiger partial charge is 0.337 e. The number of carboxylic acids is 1. The van der Waals surface area contributed by atoms with E-state index in [0.29, 0.717) is 22.6 Å². The van der Waals surface area contributed by atoms with Gasteiger partial charge in [0, 0.05) is 11.3 Å². The minimum absolute atomic E-state index is 0.0278. The highest BCUT2D eigenvalue weighted by molar-refractivity contribution is 7.99. The van der Waals surface area contributed by atoms with Gasteiger partial charge in [-0.3, -0.25) is 0 Å². The Kier molecular flexibility index (Phi) is 4.65. The lowest BCUT2D eigenvalue weighted by atomic mass is 10.0. The molecule has 0 saturated carbocycles. The van der Waals surface area contributed by atoms with E-state index in [9.17, 15) is 13.6 Å². The molecule has 104 valence electrons. The van der Waals surface area contributed by atoms with Crippen molar-refractivity contribution < 1.29 is 23.4 Å². The van der Waals surface area contributed by atoms with Gasteiger partial charge < -0.3 is 9.84 Å². The Morgan fingerprint density at radius 1 is 1.63 bits per heavy atom. The van der Waals surface area contributed by atoms with Crippen LogP contribution in [0.1, 0.15) is 28.4 Å². The average molecular weight is 309 g/mol. The maximum absolute atomic E-state index is 13.9. The van der Waals surface area contributed by atoms with Crippen molar-refractivity contribution in [3.63, 3.8) is 0 Å². The maximum atomic E-state index is 13.9. The summed E-state index contributed by atoms with van der Waals surface area (Å²) in [7, 11) is 0. The topological polar surface area (TPSA) is 46.5 Å². The molecule has 1 aliphatic rings. The molecule has 0 bridgehead atoms. The van der Waals surface area contributed by atoms with E-state index < -0.39 is 24.6 Å². The number of aromatic carboxylic acids is 1. The minimum Gasteiger partial charge on any atom is -0.478 e. The third-order valence-corrected chi connectivity index (χ3v) is 4.33. The van der Waals surface area contributed by atoms with Gasteiger partial charge in [0.15, 0.2) is 0 Å². The first kappa shape index (κ1) is 14.6. The first-order valence-electron chi connectivity index (χ1n) is 5.61. The summed E-state index contributed by atoms with van der Waals surface area (Å²) >= 11 is 7.29. The summed E-state index contributed by atoms with van der Waals surface area (Å²) in [6.07, 6.45) is -0.0202. The maximum Gasteiger partial charge on any atom is 0.337 e. The fourth-order valence-corrected chi connectivity index (χ4v) is 3.51. The quantitative estimate of drug-likeness (QED) is 0.921. The van der Waals surface area contributed by atoms with Crippen LogP contribution in [0.5, 0.6) is 0 Å². The van der Waals surface area contributed by atoms with Gasteiger partial charge in [-0.05, 0) is 12.5 Å². The molecule has 0 spiro atoms. The van der Waals surface area contributed by atoms with Gasteiger partial charge in [0.05, 0.1) is 28.2 Å². The Morgan fingerprint density at radius 2 is 2.37 bits per heavy atom. The predicted molar refractivity (Wildman–Crippen MR) is 68.4 cm³/mol. The molecule has 1 atom stereocenters. The van der Waals surface area contributed by atoms with Crippen LogP contribution in [0.4, 0.5) is 8.78 Å². The molecule has 0 radical (unpaired) electrons. The Bertz CT molecular complexity index is 510. The molecule has 1 aromatic carbocycles. The molecule has 0 saturated heterocycles. The Balaban J connectivity index is 2.50. The molecule has 0 aromatic heterocycles. The molecule has 1 heterocycles. The molecule has 1 N–H and O–H groups in total. The first-order valence-corrected chi connectivity index (χ1v) is 6.98. The van der Waals surface area contributed by atoms with Gasteiger partial charge in [-0.2, -0.15) is 0 Å². The fraction of sp³-hybridized carbons (Fsp3) is 0.417. The number of carboxylic acid groups (broad SMARTS) is 1. The van der Waals surface area contributed by atoms with Crippen LogP contribution in [-0.4, -0.2) is 30.1 Å². The number of fused-ring (bicyclic) bond motifs is 1. The van der Waals surface area contributed by atoms with Crippen molar-refractivity contribution in [2.45, 2.75) is 17.4 Å². The number of thioether (sulfide) groups is 1. The van der Waals surface area contributed by atoms with Crippen LogP contribution in [-0.2, 0) is 4.74 Å². The van der Waals surface area contributed by atoms with Gasteiger partial charge >= 0.3 is 5.97 Å². The van der Waals surface area contributed by atoms with E-state index in [4.69, 9.17) is 21.4 Å². The van der Waals surface area contributed by atoms with E-state index in [1.165, 1.54) is 11.8 Å². The van der Waals surface area contributed by atoms with E-state index >= 15 is 0 Å². The van der Waals surface area contributed by atoms with Gasteiger partial charge in [-0.1, -0.05) is 11.6 Å². The lowest BCUT2D eigenvalue weighted by molar-refractivity contribution is 0.0387. The average Bonchev–Trinajstić information content (AvgIpc) is 2.39. The third-order valence-electron chi connectivity index (χ3n) is 2.78. The van der Waals surface area contributed by atoms with Gasteiger partial charge in [0.1, 0.15) is 12.5 Å². The SMILES string of the molecule is O=C(O)c1cc(F)c2c(c1Cl)C(OCCF)CCS2. The molecule has 0 fully saturated rings. The van der Waals surface area contributed by atoms with Crippen LogP contribution in [0.15, 0.2) is 11.0 Å². The highest BCUT2D eigenvalue weighted by Gasteiger charge is 2.30. The number of rotatable bonds is 4. The van der Waals surface area contributed by atoms with Gasteiger partial charge in [-0.15, -0.1) is 11.8 Å². The first-order chi connectivity index (χ1) is 9.06. The molecule has 1 unspecified atom stereocenters. The molecular weight excluding hydrogens is 298 g/mol. The zero-order chi connectivity index (χ0) is 14.0. The van der Waals surface area contributed by atoms with Crippen molar-refractivity contribution in [2.24, 2.45) is 0 Å². The molecule has 19 heavy (non-hydrogen) atoms. The van der Waals surface area contributed by atoms with Crippen molar-refractivity contribution in [1.29, 1.82) is 0 Å².